The first-order valence-corrected chi connectivity index (χ1v) is 10.6. The normalized spacial score (nSPS) is 18.2. The van der Waals surface area contributed by atoms with E-state index < -0.39 is 0 Å². The molecule has 0 amide bonds. The zero-order valence-electron chi connectivity index (χ0n) is 17.5. The van der Waals surface area contributed by atoms with Crippen LogP contribution in [-0.2, 0) is 4.74 Å². The highest BCUT2D eigenvalue weighted by molar-refractivity contribution is 7.16. The van der Waals surface area contributed by atoms with Gasteiger partial charge in [0.25, 0.3) is 0 Å². The van der Waals surface area contributed by atoms with Gasteiger partial charge in [0.05, 0.1) is 16.9 Å². The van der Waals surface area contributed by atoms with Crippen molar-refractivity contribution in [2.45, 2.75) is 25.8 Å². The Morgan fingerprint density at radius 1 is 1.27 bits per heavy atom. The summed E-state index contributed by atoms with van der Waals surface area (Å²) in [4.78, 5) is 11.0. The van der Waals surface area contributed by atoms with Crippen LogP contribution in [0.15, 0.2) is 29.3 Å². The van der Waals surface area contributed by atoms with Crippen molar-refractivity contribution in [2.75, 3.05) is 45.7 Å². The molecule has 0 bridgehead atoms. The van der Waals surface area contributed by atoms with Crippen molar-refractivity contribution < 1.29 is 9.13 Å². The molecular weight excluding hydrogens is 446 g/mol. The molecule has 1 saturated heterocycles. The molecule has 5 nitrogen and oxygen atoms in total. The number of nitrogens with one attached hydrogen (secondary N) is 1. The predicted octanol–water partition coefficient (Wildman–Crippen LogP) is 5.22. The second kappa shape index (κ2) is 10.8. The zero-order valence-corrected chi connectivity index (χ0v) is 19.9. The fraction of sp³-hybridized carbons (Fsp3) is 0.476. The van der Waals surface area contributed by atoms with E-state index in [0.717, 1.165) is 66.9 Å². The molecule has 0 aliphatic carbocycles. The fourth-order valence-corrected chi connectivity index (χ4v) is 4.85. The van der Waals surface area contributed by atoms with E-state index in [1.54, 1.807) is 24.5 Å². The highest BCUT2D eigenvalue weighted by Gasteiger charge is 2.29. The number of nitrogens with zero attached hydrogens (tertiary/aromatic N) is 3. The molecule has 3 heterocycles. The second-order valence-corrected chi connectivity index (χ2v) is 8.79. The number of methoxy groups -OCH3 is 1. The van der Waals surface area contributed by atoms with Gasteiger partial charge in [-0.25, -0.2) is 9.38 Å². The number of thiophene rings is 1. The first kappa shape index (κ1) is 24.9. The largest absolute Gasteiger partial charge is 0.385 e. The number of hydrogen-bond donors (Lipinski definition) is 1. The Kier molecular flexibility index (Phi) is 8.94. The van der Waals surface area contributed by atoms with E-state index in [-0.39, 0.29) is 30.6 Å². The van der Waals surface area contributed by atoms with Crippen molar-refractivity contribution in [3.05, 3.63) is 40.5 Å². The number of anilines is 2. The van der Waals surface area contributed by atoms with Gasteiger partial charge in [0.2, 0.25) is 0 Å². The van der Waals surface area contributed by atoms with Crippen molar-refractivity contribution in [3.63, 3.8) is 0 Å². The Bertz CT molecular complexity index is 892. The molecule has 9 heteroatoms. The first-order chi connectivity index (χ1) is 13.5. The van der Waals surface area contributed by atoms with Crippen LogP contribution >= 0.6 is 36.2 Å². The van der Waals surface area contributed by atoms with Crippen LogP contribution in [0.3, 0.4) is 0 Å². The number of benzene rings is 1. The summed E-state index contributed by atoms with van der Waals surface area (Å²) in [6, 6.07) is 7.42. The molecular formula is C21H29Cl2FN4OS. The maximum absolute atomic E-state index is 13.8. The first-order valence-electron chi connectivity index (χ1n) is 9.75. The van der Waals surface area contributed by atoms with E-state index in [0.29, 0.717) is 6.04 Å². The van der Waals surface area contributed by atoms with Crippen LogP contribution in [0.5, 0.6) is 0 Å². The van der Waals surface area contributed by atoms with Crippen molar-refractivity contribution >= 4 is 58.4 Å². The molecule has 1 atom stereocenters. The number of rotatable bonds is 4. The Labute approximate surface area is 194 Å². The molecule has 1 aromatic heterocycles. The van der Waals surface area contributed by atoms with E-state index in [1.165, 1.54) is 17.0 Å². The molecule has 0 radical (unpaired) electrons. The number of amidine groups is 1. The van der Waals surface area contributed by atoms with Gasteiger partial charge in [0, 0.05) is 44.3 Å². The highest BCUT2D eigenvalue weighted by Crippen LogP contribution is 2.39. The van der Waals surface area contributed by atoms with Gasteiger partial charge in [0.1, 0.15) is 16.7 Å². The Morgan fingerprint density at radius 2 is 2.07 bits per heavy atom. The van der Waals surface area contributed by atoms with Crippen molar-refractivity contribution in [1.82, 2.24) is 9.80 Å². The minimum Gasteiger partial charge on any atom is -0.385 e. The molecule has 2 aromatic rings. The molecule has 1 aromatic carbocycles. The molecule has 166 valence electrons. The van der Waals surface area contributed by atoms with E-state index in [2.05, 4.69) is 35.2 Å². The van der Waals surface area contributed by atoms with Crippen LogP contribution in [-0.4, -0.2) is 62.1 Å². The molecule has 1 fully saturated rings. The lowest BCUT2D eigenvalue weighted by Crippen LogP contribution is -2.53. The molecule has 2 aliphatic heterocycles. The van der Waals surface area contributed by atoms with Gasteiger partial charge in [-0.2, -0.15) is 0 Å². The van der Waals surface area contributed by atoms with Crippen LogP contribution in [0.2, 0.25) is 0 Å². The third-order valence-electron chi connectivity index (χ3n) is 5.49. The lowest BCUT2D eigenvalue weighted by Gasteiger charge is -2.41. The Balaban J connectivity index is 0.00000160. The summed E-state index contributed by atoms with van der Waals surface area (Å²) in [7, 11) is 3.95. The predicted molar refractivity (Wildman–Crippen MR) is 129 cm³/mol. The van der Waals surface area contributed by atoms with Crippen LogP contribution in [0.1, 0.15) is 23.3 Å². The number of piperazine rings is 1. The van der Waals surface area contributed by atoms with Crippen LogP contribution in [0.4, 0.5) is 20.8 Å². The molecule has 30 heavy (non-hydrogen) atoms. The standard InChI is InChI=1S/C21H27FN4OS.2ClH/c1-14-11-17-20(26-9-8-25(2)16(13-26)5-4-10-27-3)23-18-7-6-15(22)12-19(18)24-21(17)28-14;;/h6-7,11-12,16,24H,4-5,8-10,13H2,1-3H3;2*1H/t16-;;/m0../s1. The second-order valence-electron chi connectivity index (χ2n) is 7.54. The molecule has 0 unspecified atom stereocenters. The molecule has 0 spiro atoms. The smallest absolute Gasteiger partial charge is 0.139 e. The molecule has 4 rings (SSSR count). The minimum absolute atomic E-state index is 0. The van der Waals surface area contributed by atoms with Gasteiger partial charge < -0.3 is 15.0 Å². The molecule has 2 aliphatic rings. The summed E-state index contributed by atoms with van der Waals surface area (Å²) in [5.74, 6) is 0.736. The summed E-state index contributed by atoms with van der Waals surface area (Å²) < 4.78 is 19.0. The van der Waals surface area contributed by atoms with Gasteiger partial charge in [-0.3, -0.25) is 4.90 Å². The monoisotopic (exact) mass is 474 g/mol. The highest BCUT2D eigenvalue weighted by atomic mass is 35.5. The van der Waals surface area contributed by atoms with E-state index in [9.17, 15) is 4.39 Å². The Hall–Kier alpha value is -1.38. The molecule has 0 saturated carbocycles. The third kappa shape index (κ3) is 5.26. The zero-order chi connectivity index (χ0) is 19.7. The average molecular weight is 475 g/mol. The summed E-state index contributed by atoms with van der Waals surface area (Å²) in [5.41, 5.74) is 2.62. The topological polar surface area (TPSA) is 40.1 Å². The number of ether oxygens (including phenoxy) is 1. The van der Waals surface area contributed by atoms with E-state index >= 15 is 0 Å². The lowest BCUT2D eigenvalue weighted by atomic mass is 10.1. The number of likely N-dealkylation sites (N-methyl/N-ethyl adjacent to an activating group) is 1. The number of fused-ring (bicyclic) bond motifs is 2. The molecule has 1 N–H and O–H groups in total. The van der Waals surface area contributed by atoms with Gasteiger partial charge in [0.15, 0.2) is 0 Å². The number of halogens is 3. The van der Waals surface area contributed by atoms with Crippen molar-refractivity contribution in [2.24, 2.45) is 4.99 Å². The lowest BCUT2D eigenvalue weighted by molar-refractivity contribution is 0.119. The SMILES string of the molecule is COCCC[C@H]1CN(C2=Nc3ccc(F)cc3Nc3sc(C)cc32)CCN1C.Cl.Cl. The van der Waals surface area contributed by atoms with Crippen LogP contribution in [0.25, 0.3) is 0 Å². The van der Waals surface area contributed by atoms with E-state index in [4.69, 9.17) is 9.73 Å². The van der Waals surface area contributed by atoms with Crippen molar-refractivity contribution in [1.29, 1.82) is 0 Å². The third-order valence-corrected chi connectivity index (χ3v) is 6.46. The minimum atomic E-state index is -0.252. The van der Waals surface area contributed by atoms with Gasteiger partial charge in [-0.15, -0.1) is 36.2 Å². The van der Waals surface area contributed by atoms with Gasteiger partial charge in [-0.1, -0.05) is 0 Å². The quantitative estimate of drug-likeness (QED) is 0.616. The number of aryl methyl sites for hydroxylation is 1. The van der Waals surface area contributed by atoms with E-state index in [1.807, 2.05) is 0 Å². The fourth-order valence-electron chi connectivity index (χ4n) is 3.93. The van der Waals surface area contributed by atoms with Crippen LogP contribution < -0.4 is 5.32 Å². The average Bonchev–Trinajstić information content (AvgIpc) is 2.96. The maximum Gasteiger partial charge on any atom is 0.139 e. The summed E-state index contributed by atoms with van der Waals surface area (Å²) in [6.07, 6.45) is 2.15. The summed E-state index contributed by atoms with van der Waals surface area (Å²) >= 11 is 1.69. The Morgan fingerprint density at radius 3 is 2.83 bits per heavy atom. The van der Waals surface area contributed by atoms with Crippen LogP contribution in [0, 0.1) is 12.7 Å². The van der Waals surface area contributed by atoms with Gasteiger partial charge >= 0.3 is 0 Å². The van der Waals surface area contributed by atoms with Gasteiger partial charge in [-0.05, 0) is 51.1 Å². The number of aliphatic imine (C=N–C) groups is 1. The van der Waals surface area contributed by atoms with Crippen molar-refractivity contribution in [3.8, 4) is 0 Å². The number of hydrogen-bond acceptors (Lipinski definition) is 6. The summed E-state index contributed by atoms with van der Waals surface area (Å²) in [6.45, 7) is 5.76. The summed E-state index contributed by atoms with van der Waals surface area (Å²) in [5, 5.41) is 4.44. The maximum atomic E-state index is 13.8.